The molecule has 2 aliphatic rings. The van der Waals surface area contributed by atoms with Gasteiger partial charge in [-0.15, -0.1) is 0 Å². The molecule has 0 bridgehead atoms. The van der Waals surface area contributed by atoms with Gasteiger partial charge in [-0.05, 0) is 19.4 Å². The van der Waals surface area contributed by atoms with Gasteiger partial charge in [0, 0.05) is 19.4 Å². The number of cyclic esters (lactones) is 1. The Morgan fingerprint density at radius 3 is 1.72 bits per heavy atom. The number of halogens is 13. The summed E-state index contributed by atoms with van der Waals surface area (Å²) in [6.07, 6.45) is -13.8. The zero-order chi connectivity index (χ0) is 36.2. The zero-order valence-corrected chi connectivity index (χ0v) is 24.3. The molecular weight excluding hydrogens is 685 g/mol. The topological polar surface area (TPSA) is 131 Å². The number of alkyl halides is 13. The Hall–Kier alpha value is -2.33. The van der Waals surface area contributed by atoms with Crippen LogP contribution in [0.15, 0.2) is 0 Å². The monoisotopic (exact) mass is 719 g/mol. The number of unbranched alkanes of at least 4 members (excludes halogenated alkanes) is 6. The Morgan fingerprint density at radius 2 is 1.19 bits per heavy atom. The van der Waals surface area contributed by atoms with Crippen LogP contribution in [-0.2, 0) is 9.53 Å². The highest BCUT2D eigenvalue weighted by atomic mass is 19.4. The fourth-order valence-electron chi connectivity index (χ4n) is 4.96. The second-order valence-electron chi connectivity index (χ2n) is 11.2. The maximum absolute atomic E-state index is 13.8. The number of aliphatic hydroxyl groups excluding tert-OH is 3. The van der Waals surface area contributed by atoms with Crippen LogP contribution >= 0.6 is 0 Å². The van der Waals surface area contributed by atoms with Gasteiger partial charge in [0.15, 0.2) is 0 Å². The second kappa shape index (κ2) is 15.1. The quantitative estimate of drug-likeness (QED) is 0.106. The van der Waals surface area contributed by atoms with E-state index in [0.29, 0.717) is 45.1 Å². The van der Waals surface area contributed by atoms with Crippen molar-refractivity contribution in [1.82, 2.24) is 15.5 Å². The van der Waals surface area contributed by atoms with Crippen molar-refractivity contribution in [2.45, 2.75) is 124 Å². The minimum absolute atomic E-state index is 0.144. The highest BCUT2D eigenvalue weighted by Crippen LogP contribution is 2.60. The number of hydrogen-bond acceptors (Lipinski definition) is 7. The number of carbonyl (C=O) groups is 2. The fourth-order valence-corrected chi connectivity index (χ4v) is 4.96. The van der Waals surface area contributed by atoms with Crippen LogP contribution in [0.25, 0.3) is 0 Å². The van der Waals surface area contributed by atoms with Crippen LogP contribution in [0.1, 0.15) is 57.8 Å². The van der Waals surface area contributed by atoms with Crippen molar-refractivity contribution >= 4 is 12.0 Å². The Kier molecular flexibility index (Phi) is 13.1. The van der Waals surface area contributed by atoms with E-state index in [1.165, 1.54) is 0 Å². The molecule has 2 fully saturated rings. The predicted octanol–water partition coefficient (Wildman–Crippen LogP) is 4.19. The Labute approximate surface area is 258 Å². The van der Waals surface area contributed by atoms with Crippen LogP contribution in [0.3, 0.4) is 0 Å². The third-order valence-electron chi connectivity index (χ3n) is 7.86. The lowest BCUT2D eigenvalue weighted by atomic mass is 9.92. The number of ether oxygens (including phenoxy) is 1. The van der Waals surface area contributed by atoms with Crippen molar-refractivity contribution < 1.29 is 86.7 Å². The Bertz CT molecular complexity index is 1070. The van der Waals surface area contributed by atoms with Crippen molar-refractivity contribution in [2.75, 3.05) is 19.7 Å². The summed E-state index contributed by atoms with van der Waals surface area (Å²) in [7, 11) is 0. The number of rotatable bonds is 18. The molecule has 2 aliphatic heterocycles. The SMILES string of the molecule is O=C(CCC(F)(F)C(F)(F)C(F)(F)C(F)(F)C(F)(F)C(F)(F)F)NCCCCCCCCCN[C@@H]1[C@H](O)[C@@H](O)[C@@H](O)[C@H]2COC(=O)N21. The molecule has 0 saturated carbocycles. The van der Waals surface area contributed by atoms with Crippen molar-refractivity contribution in [2.24, 2.45) is 0 Å². The van der Waals surface area contributed by atoms with E-state index in [-0.39, 0.29) is 19.6 Å². The molecule has 2 saturated heterocycles. The van der Waals surface area contributed by atoms with E-state index >= 15 is 0 Å². The predicted molar refractivity (Wildman–Crippen MR) is 132 cm³/mol. The average molecular weight is 720 g/mol. The largest absolute Gasteiger partial charge is 0.460 e. The first-order valence-corrected chi connectivity index (χ1v) is 14.3. The molecule has 47 heavy (non-hydrogen) atoms. The number of hydrogen-bond donors (Lipinski definition) is 5. The first-order valence-electron chi connectivity index (χ1n) is 14.3. The fraction of sp³-hybridized carbons (Fsp3) is 0.920. The summed E-state index contributed by atoms with van der Waals surface area (Å²) >= 11 is 0. The van der Waals surface area contributed by atoms with Crippen LogP contribution in [0.2, 0.25) is 0 Å². The molecule has 0 aliphatic carbocycles. The lowest BCUT2D eigenvalue weighted by Crippen LogP contribution is -2.70. The van der Waals surface area contributed by atoms with Crippen LogP contribution in [-0.4, -0.2) is 118 Å². The number of carbonyl (C=O) groups excluding carboxylic acids is 2. The zero-order valence-electron chi connectivity index (χ0n) is 24.3. The van der Waals surface area contributed by atoms with Crippen molar-refractivity contribution in [1.29, 1.82) is 0 Å². The molecule has 5 N–H and O–H groups in total. The van der Waals surface area contributed by atoms with Gasteiger partial charge in [-0.25, -0.2) is 4.79 Å². The minimum atomic E-state index is -7.98. The van der Waals surface area contributed by atoms with Crippen molar-refractivity contribution in [3.8, 4) is 0 Å². The van der Waals surface area contributed by atoms with Gasteiger partial charge in [0.05, 0.1) is 6.04 Å². The smallest absolute Gasteiger partial charge is 0.447 e. The van der Waals surface area contributed by atoms with Gasteiger partial charge in [0.1, 0.15) is 31.1 Å². The number of amides is 2. The number of nitrogens with zero attached hydrogens (tertiary/aromatic N) is 1. The maximum Gasteiger partial charge on any atom is 0.460 e. The first kappa shape index (κ1) is 40.8. The van der Waals surface area contributed by atoms with Crippen LogP contribution in [0.5, 0.6) is 0 Å². The van der Waals surface area contributed by atoms with E-state index in [9.17, 15) is 82.0 Å². The molecule has 5 atom stereocenters. The van der Waals surface area contributed by atoms with Gasteiger partial charge in [0.25, 0.3) is 0 Å². The third kappa shape index (κ3) is 8.28. The molecular formula is C25H34F13N3O6. The summed E-state index contributed by atoms with van der Waals surface area (Å²) in [6, 6.07) is -0.819. The Morgan fingerprint density at radius 1 is 0.702 bits per heavy atom. The molecule has 2 amide bonds. The molecule has 0 aromatic rings. The van der Waals surface area contributed by atoms with Gasteiger partial charge in [0.2, 0.25) is 5.91 Å². The minimum Gasteiger partial charge on any atom is -0.447 e. The van der Waals surface area contributed by atoms with E-state index in [4.69, 9.17) is 4.74 Å². The van der Waals surface area contributed by atoms with E-state index in [0.717, 1.165) is 4.90 Å². The van der Waals surface area contributed by atoms with Crippen LogP contribution in [0, 0.1) is 0 Å². The molecule has 0 aromatic carbocycles. The summed E-state index contributed by atoms with van der Waals surface area (Å²) in [5.74, 6) is -38.8. The Balaban J connectivity index is 1.65. The van der Waals surface area contributed by atoms with Crippen LogP contribution < -0.4 is 10.6 Å². The van der Waals surface area contributed by atoms with E-state index in [1.54, 1.807) is 0 Å². The van der Waals surface area contributed by atoms with Gasteiger partial charge in [-0.3, -0.25) is 15.0 Å². The summed E-state index contributed by atoms with van der Waals surface area (Å²) < 4.78 is 176. The number of aliphatic hydroxyl groups is 3. The third-order valence-corrected chi connectivity index (χ3v) is 7.86. The highest BCUT2D eigenvalue weighted by molar-refractivity contribution is 5.75. The normalized spacial score (nSPS) is 24.7. The number of nitrogens with one attached hydrogen (secondary N) is 2. The molecule has 2 rings (SSSR count). The molecule has 0 radical (unpaired) electrons. The average Bonchev–Trinajstić information content (AvgIpc) is 3.35. The molecule has 2 heterocycles. The highest BCUT2D eigenvalue weighted by Gasteiger charge is 2.90. The van der Waals surface area contributed by atoms with E-state index in [2.05, 4.69) is 5.32 Å². The lowest BCUT2D eigenvalue weighted by molar-refractivity contribution is -0.440. The first-order chi connectivity index (χ1) is 21.4. The van der Waals surface area contributed by atoms with Gasteiger partial charge >= 0.3 is 41.9 Å². The van der Waals surface area contributed by atoms with Gasteiger partial charge < -0.3 is 25.4 Å². The summed E-state index contributed by atoms with van der Waals surface area (Å²) in [4.78, 5) is 24.7. The lowest BCUT2D eigenvalue weighted by Gasteiger charge is -2.44. The summed E-state index contributed by atoms with van der Waals surface area (Å²) in [5, 5.41) is 35.2. The molecule has 0 spiro atoms. The van der Waals surface area contributed by atoms with Crippen molar-refractivity contribution in [3.05, 3.63) is 0 Å². The second-order valence-corrected chi connectivity index (χ2v) is 11.2. The van der Waals surface area contributed by atoms with Gasteiger partial charge in [-0.2, -0.15) is 57.1 Å². The molecule has 276 valence electrons. The molecule has 9 nitrogen and oxygen atoms in total. The van der Waals surface area contributed by atoms with Crippen molar-refractivity contribution in [3.63, 3.8) is 0 Å². The molecule has 0 aromatic heterocycles. The summed E-state index contributed by atoms with van der Waals surface area (Å²) in [6.45, 7) is -0.0203. The maximum atomic E-state index is 13.8. The standard InChI is InChI=1S/C25H34F13N3O6/c26-20(27,21(28,29)22(30,31)23(32,33)24(34,35)25(36,37)38)9-8-14(42)39-10-6-4-2-1-3-5-7-11-40-18-17(45)16(44)15(43)13-12-47-19(46)41(13)18/h13,15-18,40,43-45H,1-12H2,(H,39,42)/t13-,15+,16+,17-,18+/m1/s1. The van der Waals surface area contributed by atoms with Gasteiger partial charge in [-0.1, -0.05) is 32.1 Å². The number of fused-ring (bicyclic) bond motifs is 1. The molecule has 22 heteroatoms. The molecule has 0 unspecified atom stereocenters. The van der Waals surface area contributed by atoms with E-state index in [1.807, 2.05) is 5.32 Å². The number of piperidine rings is 1. The summed E-state index contributed by atoms with van der Waals surface area (Å²) in [5.41, 5.74) is 0. The van der Waals surface area contributed by atoms with E-state index < -0.39 is 91.2 Å². The van der Waals surface area contributed by atoms with Crippen LogP contribution in [0.4, 0.5) is 61.9 Å².